The van der Waals surface area contributed by atoms with Crippen molar-refractivity contribution in [3.8, 4) is 5.88 Å². The largest absolute Gasteiger partial charge is 0.480 e. The minimum absolute atomic E-state index is 0.148. The Morgan fingerprint density at radius 2 is 2.00 bits per heavy atom. The molecule has 0 saturated heterocycles. The Balaban J connectivity index is 2.79. The highest BCUT2D eigenvalue weighted by Gasteiger charge is 2.28. The van der Waals surface area contributed by atoms with Gasteiger partial charge in [-0.15, -0.1) is 5.10 Å². The van der Waals surface area contributed by atoms with Crippen molar-refractivity contribution in [2.75, 3.05) is 7.11 Å². The van der Waals surface area contributed by atoms with Gasteiger partial charge in [0.05, 0.1) is 13.3 Å². The van der Waals surface area contributed by atoms with Gasteiger partial charge < -0.3 is 4.74 Å². The number of aromatic nitrogens is 2. The van der Waals surface area contributed by atoms with Crippen LogP contribution in [0.1, 0.15) is 64.9 Å². The van der Waals surface area contributed by atoms with E-state index in [0.29, 0.717) is 5.88 Å². The Kier molecular flexibility index (Phi) is 6.10. The van der Waals surface area contributed by atoms with Crippen LogP contribution in [-0.4, -0.2) is 17.3 Å². The van der Waals surface area contributed by atoms with Crippen LogP contribution >= 0.6 is 0 Å². The Labute approximate surface area is 111 Å². The molecule has 0 saturated carbocycles. The maximum Gasteiger partial charge on any atom is 0.236 e. The minimum Gasteiger partial charge on any atom is -0.480 e. The molecule has 3 heteroatoms. The number of rotatable bonds is 8. The van der Waals surface area contributed by atoms with Crippen molar-refractivity contribution < 1.29 is 4.74 Å². The van der Waals surface area contributed by atoms with Crippen molar-refractivity contribution in [1.82, 2.24) is 10.2 Å². The standard InChI is InChI=1S/C15H26N2O/c1-5-7-8-9-11-15(3,6-2)13-10-12-16-17-14(13)18-4/h10,12H,5-9,11H2,1-4H3. The van der Waals surface area contributed by atoms with E-state index in [2.05, 4.69) is 37.0 Å². The van der Waals surface area contributed by atoms with E-state index >= 15 is 0 Å². The van der Waals surface area contributed by atoms with Crippen molar-refractivity contribution >= 4 is 0 Å². The summed E-state index contributed by atoms with van der Waals surface area (Å²) >= 11 is 0. The second-order valence-electron chi connectivity index (χ2n) is 5.18. The first-order valence-corrected chi connectivity index (χ1v) is 7.04. The first kappa shape index (κ1) is 14.9. The molecule has 1 atom stereocenters. The van der Waals surface area contributed by atoms with E-state index in [-0.39, 0.29) is 5.41 Å². The lowest BCUT2D eigenvalue weighted by Gasteiger charge is -2.29. The van der Waals surface area contributed by atoms with Crippen LogP contribution in [0.5, 0.6) is 5.88 Å². The third-order valence-electron chi connectivity index (χ3n) is 3.89. The molecule has 0 amide bonds. The summed E-state index contributed by atoms with van der Waals surface area (Å²) in [6.07, 6.45) is 9.23. The van der Waals surface area contributed by atoms with Gasteiger partial charge in [0.15, 0.2) is 0 Å². The monoisotopic (exact) mass is 250 g/mol. The summed E-state index contributed by atoms with van der Waals surface area (Å²) in [4.78, 5) is 0. The summed E-state index contributed by atoms with van der Waals surface area (Å²) in [5.74, 6) is 0.678. The van der Waals surface area contributed by atoms with E-state index < -0.39 is 0 Å². The molecule has 0 radical (unpaired) electrons. The molecule has 1 unspecified atom stereocenters. The van der Waals surface area contributed by atoms with Crippen LogP contribution in [0.2, 0.25) is 0 Å². The van der Waals surface area contributed by atoms with Crippen LogP contribution in [0.25, 0.3) is 0 Å². The van der Waals surface area contributed by atoms with Gasteiger partial charge in [0, 0.05) is 5.56 Å². The SMILES string of the molecule is CCCCCCC(C)(CC)c1ccnnc1OC. The van der Waals surface area contributed by atoms with Gasteiger partial charge in [0.1, 0.15) is 0 Å². The molecule has 0 spiro atoms. The molecule has 1 aromatic heterocycles. The Morgan fingerprint density at radius 1 is 1.22 bits per heavy atom. The van der Waals surface area contributed by atoms with E-state index in [1.54, 1.807) is 13.3 Å². The lowest BCUT2D eigenvalue weighted by atomic mass is 9.76. The Bertz CT molecular complexity index is 354. The molecule has 102 valence electrons. The summed E-state index contributed by atoms with van der Waals surface area (Å²) in [6, 6.07) is 2.05. The number of hydrogen-bond donors (Lipinski definition) is 0. The van der Waals surface area contributed by atoms with Crippen LogP contribution < -0.4 is 4.74 Å². The second-order valence-corrected chi connectivity index (χ2v) is 5.18. The van der Waals surface area contributed by atoms with Gasteiger partial charge in [-0.2, -0.15) is 5.10 Å². The molecule has 1 heterocycles. The zero-order valence-electron chi connectivity index (χ0n) is 12.2. The molecule has 0 aliphatic carbocycles. The van der Waals surface area contributed by atoms with Crippen LogP contribution in [0.15, 0.2) is 12.3 Å². The molecule has 0 aliphatic heterocycles. The molecule has 0 fully saturated rings. The first-order chi connectivity index (χ1) is 8.68. The average Bonchev–Trinajstić information content (AvgIpc) is 2.43. The molecule has 0 N–H and O–H groups in total. The van der Waals surface area contributed by atoms with Crippen molar-refractivity contribution in [2.45, 2.75) is 64.7 Å². The highest BCUT2D eigenvalue weighted by atomic mass is 16.5. The topological polar surface area (TPSA) is 35.0 Å². The summed E-state index contributed by atoms with van der Waals surface area (Å²) in [7, 11) is 1.67. The third kappa shape index (κ3) is 3.69. The predicted molar refractivity (Wildman–Crippen MR) is 75.0 cm³/mol. The smallest absolute Gasteiger partial charge is 0.236 e. The fourth-order valence-corrected chi connectivity index (χ4v) is 2.37. The van der Waals surface area contributed by atoms with Crippen LogP contribution in [0.4, 0.5) is 0 Å². The molecule has 0 aromatic carbocycles. The summed E-state index contributed by atoms with van der Waals surface area (Å²) in [5, 5.41) is 7.98. The fourth-order valence-electron chi connectivity index (χ4n) is 2.37. The normalized spacial score (nSPS) is 14.2. The van der Waals surface area contributed by atoms with Gasteiger partial charge in [-0.25, -0.2) is 0 Å². The predicted octanol–water partition coefficient (Wildman–Crippen LogP) is 4.12. The first-order valence-electron chi connectivity index (χ1n) is 7.04. The van der Waals surface area contributed by atoms with Gasteiger partial charge in [-0.3, -0.25) is 0 Å². The van der Waals surface area contributed by atoms with Crippen molar-refractivity contribution in [1.29, 1.82) is 0 Å². The van der Waals surface area contributed by atoms with Crippen molar-refractivity contribution in [3.05, 3.63) is 17.8 Å². The minimum atomic E-state index is 0.148. The van der Waals surface area contributed by atoms with E-state index in [0.717, 1.165) is 6.42 Å². The third-order valence-corrected chi connectivity index (χ3v) is 3.89. The summed E-state index contributed by atoms with van der Waals surface area (Å²) in [6.45, 7) is 6.78. The van der Waals surface area contributed by atoms with Crippen molar-refractivity contribution in [2.24, 2.45) is 0 Å². The zero-order chi connectivity index (χ0) is 13.4. The molecular weight excluding hydrogens is 224 g/mol. The zero-order valence-corrected chi connectivity index (χ0v) is 12.2. The summed E-state index contributed by atoms with van der Waals surface area (Å²) in [5.41, 5.74) is 1.34. The van der Waals surface area contributed by atoms with E-state index in [1.807, 2.05) is 0 Å². The maximum absolute atomic E-state index is 5.35. The number of ether oxygens (including phenoxy) is 1. The lowest BCUT2D eigenvalue weighted by Crippen LogP contribution is -2.22. The van der Waals surface area contributed by atoms with E-state index in [9.17, 15) is 0 Å². The van der Waals surface area contributed by atoms with Gasteiger partial charge in [0.25, 0.3) is 0 Å². The molecule has 0 aliphatic rings. The van der Waals surface area contributed by atoms with Crippen LogP contribution in [0, 0.1) is 0 Å². The highest BCUT2D eigenvalue weighted by Crippen LogP contribution is 2.37. The lowest BCUT2D eigenvalue weighted by molar-refractivity contribution is 0.342. The highest BCUT2D eigenvalue weighted by molar-refractivity contribution is 5.31. The fraction of sp³-hybridized carbons (Fsp3) is 0.733. The molecular formula is C15H26N2O. The van der Waals surface area contributed by atoms with E-state index in [1.165, 1.54) is 37.7 Å². The number of nitrogens with zero attached hydrogens (tertiary/aromatic N) is 2. The molecule has 1 aromatic rings. The Hall–Kier alpha value is -1.12. The average molecular weight is 250 g/mol. The second kappa shape index (κ2) is 7.34. The number of hydrogen-bond acceptors (Lipinski definition) is 3. The number of methoxy groups -OCH3 is 1. The van der Waals surface area contributed by atoms with Crippen molar-refractivity contribution in [3.63, 3.8) is 0 Å². The maximum atomic E-state index is 5.35. The molecule has 18 heavy (non-hydrogen) atoms. The molecule has 3 nitrogen and oxygen atoms in total. The van der Waals surface area contributed by atoms with E-state index in [4.69, 9.17) is 4.74 Å². The van der Waals surface area contributed by atoms with Gasteiger partial charge in [0.2, 0.25) is 5.88 Å². The quantitative estimate of drug-likeness (QED) is 0.651. The van der Waals surface area contributed by atoms with Crippen LogP contribution in [-0.2, 0) is 5.41 Å². The molecule has 0 bridgehead atoms. The van der Waals surface area contributed by atoms with Crippen LogP contribution in [0.3, 0.4) is 0 Å². The van der Waals surface area contributed by atoms with Gasteiger partial charge in [-0.05, 0) is 24.3 Å². The van der Waals surface area contributed by atoms with Gasteiger partial charge in [-0.1, -0.05) is 46.5 Å². The number of unbranched alkanes of at least 4 members (excludes halogenated alkanes) is 3. The molecule has 1 rings (SSSR count). The van der Waals surface area contributed by atoms with Gasteiger partial charge >= 0.3 is 0 Å². The Morgan fingerprint density at radius 3 is 2.61 bits per heavy atom. The summed E-state index contributed by atoms with van der Waals surface area (Å²) < 4.78 is 5.35.